The Hall–Kier alpha value is -1.20. The average Bonchev–Trinajstić information content (AvgIpc) is 2.51. The number of ketones is 1. The van der Waals surface area contributed by atoms with Crippen molar-refractivity contribution in [1.29, 1.82) is 0 Å². The van der Waals surface area contributed by atoms with E-state index in [1.165, 1.54) is 0 Å². The van der Waals surface area contributed by atoms with Gasteiger partial charge in [-0.2, -0.15) is 13.2 Å². The average molecular weight is 475 g/mol. The molecular weight excluding hydrogens is 453 g/mol. The highest BCUT2D eigenvalue weighted by molar-refractivity contribution is 9.12. The SMILES string of the molecule is COC(=O)C1=C(Br)C(=O)[C@@H](O[Si](C)(C)C(C)(C)C)[C@H](OC(=O)C(F)(F)F)C1. The zero-order valence-corrected chi connectivity index (χ0v) is 18.4. The summed E-state index contributed by atoms with van der Waals surface area (Å²) >= 11 is 3.00. The molecular formula is C16H22BrF3O6Si. The summed E-state index contributed by atoms with van der Waals surface area (Å²) in [6.45, 7) is 9.25. The quantitative estimate of drug-likeness (QED) is 0.457. The number of carbonyl (C=O) groups excluding carboxylic acids is 3. The highest BCUT2D eigenvalue weighted by Gasteiger charge is 2.50. The van der Waals surface area contributed by atoms with Gasteiger partial charge in [-0.1, -0.05) is 20.8 Å². The lowest BCUT2D eigenvalue weighted by atomic mass is 9.93. The van der Waals surface area contributed by atoms with Gasteiger partial charge in [0.1, 0.15) is 12.2 Å². The molecule has 0 aliphatic heterocycles. The number of hydrogen-bond acceptors (Lipinski definition) is 6. The molecule has 0 aromatic rings. The van der Waals surface area contributed by atoms with Crippen molar-refractivity contribution in [3.63, 3.8) is 0 Å². The van der Waals surface area contributed by atoms with Gasteiger partial charge in [0, 0.05) is 6.42 Å². The van der Waals surface area contributed by atoms with Crippen LogP contribution < -0.4 is 0 Å². The molecule has 0 aromatic heterocycles. The Morgan fingerprint density at radius 3 is 2.11 bits per heavy atom. The Labute approximate surface area is 164 Å². The number of hydrogen-bond donors (Lipinski definition) is 0. The number of rotatable bonds is 4. The van der Waals surface area contributed by atoms with Gasteiger partial charge in [0.15, 0.2) is 8.32 Å². The predicted octanol–water partition coefficient (Wildman–Crippen LogP) is 3.65. The van der Waals surface area contributed by atoms with Crippen molar-refractivity contribution in [3.05, 3.63) is 10.1 Å². The molecule has 0 amide bonds. The second kappa shape index (κ2) is 8.04. The standard InChI is InChI=1S/C16H22BrF3O6Si/c1-15(2,3)27(5,6)26-12-9(25-14(23)16(18,19)20)7-8(13(22)24-4)10(17)11(12)21/h9,12H,7H2,1-6H3/t9-,12+/m1/s1. The molecule has 0 N–H and O–H groups in total. The third-order valence-electron chi connectivity index (χ3n) is 4.63. The molecule has 0 bridgehead atoms. The van der Waals surface area contributed by atoms with Crippen LogP contribution in [0, 0.1) is 0 Å². The lowest BCUT2D eigenvalue weighted by Crippen LogP contribution is -2.53. The van der Waals surface area contributed by atoms with E-state index in [2.05, 4.69) is 25.4 Å². The van der Waals surface area contributed by atoms with E-state index in [0.717, 1.165) is 7.11 Å². The van der Waals surface area contributed by atoms with E-state index < -0.39 is 50.8 Å². The van der Waals surface area contributed by atoms with E-state index in [1.54, 1.807) is 13.1 Å². The minimum atomic E-state index is -5.24. The maximum Gasteiger partial charge on any atom is 0.490 e. The largest absolute Gasteiger partial charge is 0.490 e. The topological polar surface area (TPSA) is 78.9 Å². The normalized spacial score (nSPS) is 21.9. The van der Waals surface area contributed by atoms with E-state index in [9.17, 15) is 27.6 Å². The molecule has 0 aromatic carbocycles. The third kappa shape index (κ3) is 5.41. The highest BCUT2D eigenvalue weighted by Crippen LogP contribution is 2.40. The number of Topliss-reactive ketones (excluding diaryl/α,β-unsaturated/α-hetero) is 1. The summed E-state index contributed by atoms with van der Waals surface area (Å²) in [6, 6.07) is 0. The van der Waals surface area contributed by atoms with Crippen LogP contribution in [-0.2, 0) is 28.3 Å². The number of ether oxygens (including phenoxy) is 2. The molecule has 11 heteroatoms. The fourth-order valence-corrected chi connectivity index (χ4v) is 3.86. The van der Waals surface area contributed by atoms with Crippen molar-refractivity contribution in [1.82, 2.24) is 0 Å². The summed E-state index contributed by atoms with van der Waals surface area (Å²) in [7, 11) is -1.55. The van der Waals surface area contributed by atoms with Crippen LogP contribution in [0.2, 0.25) is 18.1 Å². The number of alkyl halides is 3. The van der Waals surface area contributed by atoms with Crippen LogP contribution in [0.3, 0.4) is 0 Å². The molecule has 1 aliphatic rings. The van der Waals surface area contributed by atoms with Gasteiger partial charge in [-0.15, -0.1) is 0 Å². The molecule has 0 radical (unpaired) electrons. The van der Waals surface area contributed by atoms with Gasteiger partial charge in [0.25, 0.3) is 0 Å². The van der Waals surface area contributed by atoms with Gasteiger partial charge < -0.3 is 13.9 Å². The third-order valence-corrected chi connectivity index (χ3v) is 9.96. The van der Waals surface area contributed by atoms with Crippen LogP contribution in [0.4, 0.5) is 13.2 Å². The molecule has 0 spiro atoms. The first-order valence-electron chi connectivity index (χ1n) is 7.99. The fraction of sp³-hybridized carbons (Fsp3) is 0.688. The van der Waals surface area contributed by atoms with Crippen LogP contribution in [0.25, 0.3) is 0 Å². The van der Waals surface area contributed by atoms with Gasteiger partial charge in [-0.05, 0) is 34.1 Å². The first-order chi connectivity index (χ1) is 12.0. The molecule has 0 saturated carbocycles. The molecule has 0 fully saturated rings. The Bertz CT molecular complexity index is 666. The molecule has 1 rings (SSSR count). The number of methoxy groups -OCH3 is 1. The van der Waals surface area contributed by atoms with Gasteiger partial charge >= 0.3 is 18.1 Å². The van der Waals surface area contributed by atoms with Crippen LogP contribution >= 0.6 is 15.9 Å². The first-order valence-corrected chi connectivity index (χ1v) is 11.7. The first kappa shape index (κ1) is 23.8. The van der Waals surface area contributed by atoms with Crippen molar-refractivity contribution in [2.24, 2.45) is 0 Å². The molecule has 0 heterocycles. The Kier molecular flexibility index (Phi) is 7.10. The lowest BCUT2D eigenvalue weighted by Gasteiger charge is -2.41. The minimum absolute atomic E-state index is 0.155. The predicted molar refractivity (Wildman–Crippen MR) is 95.6 cm³/mol. The zero-order valence-electron chi connectivity index (χ0n) is 15.8. The highest BCUT2D eigenvalue weighted by atomic mass is 79.9. The van der Waals surface area contributed by atoms with Crippen molar-refractivity contribution in [3.8, 4) is 0 Å². The number of carbonyl (C=O) groups is 3. The van der Waals surface area contributed by atoms with E-state index in [1.807, 2.05) is 20.8 Å². The Balaban J connectivity index is 3.33. The van der Waals surface area contributed by atoms with Crippen molar-refractivity contribution in [2.75, 3.05) is 7.11 Å². The summed E-state index contributed by atoms with van der Waals surface area (Å²) in [4.78, 5) is 35.9. The van der Waals surface area contributed by atoms with Crippen molar-refractivity contribution >= 4 is 42.0 Å². The van der Waals surface area contributed by atoms with Crippen LogP contribution in [0.5, 0.6) is 0 Å². The summed E-state index contributed by atoms with van der Waals surface area (Å²) < 4.78 is 52.8. The molecule has 27 heavy (non-hydrogen) atoms. The van der Waals surface area contributed by atoms with Gasteiger partial charge in [-0.25, -0.2) is 9.59 Å². The maximum atomic E-state index is 12.7. The summed E-state index contributed by atoms with van der Waals surface area (Å²) in [5.41, 5.74) is -0.211. The molecule has 1 aliphatic carbocycles. The van der Waals surface area contributed by atoms with E-state index >= 15 is 0 Å². The minimum Gasteiger partial charge on any atom is -0.466 e. The van der Waals surface area contributed by atoms with Gasteiger partial charge in [0.05, 0.1) is 17.2 Å². The monoisotopic (exact) mass is 474 g/mol. The summed E-state index contributed by atoms with van der Waals surface area (Å²) in [5, 5.41) is -0.356. The number of esters is 2. The van der Waals surface area contributed by atoms with Crippen LogP contribution in [0.1, 0.15) is 27.2 Å². The molecule has 6 nitrogen and oxygen atoms in total. The van der Waals surface area contributed by atoms with Crippen molar-refractivity contribution < 1.29 is 41.5 Å². The van der Waals surface area contributed by atoms with E-state index in [4.69, 9.17) is 4.43 Å². The molecule has 154 valence electrons. The Morgan fingerprint density at radius 2 is 1.70 bits per heavy atom. The van der Waals surface area contributed by atoms with Crippen LogP contribution in [0.15, 0.2) is 10.1 Å². The van der Waals surface area contributed by atoms with E-state index in [0.29, 0.717) is 0 Å². The zero-order chi connectivity index (χ0) is 21.4. The smallest absolute Gasteiger partial charge is 0.466 e. The second-order valence-electron chi connectivity index (χ2n) is 7.59. The second-order valence-corrected chi connectivity index (χ2v) is 13.1. The molecule has 0 unspecified atom stereocenters. The summed E-state index contributed by atoms with van der Waals surface area (Å²) in [5.74, 6) is -4.13. The number of halogens is 4. The van der Waals surface area contributed by atoms with Crippen molar-refractivity contribution in [2.45, 2.75) is 63.7 Å². The molecule has 2 atom stereocenters. The maximum absolute atomic E-state index is 12.7. The van der Waals surface area contributed by atoms with Crippen LogP contribution in [-0.4, -0.2) is 51.5 Å². The van der Waals surface area contributed by atoms with Gasteiger partial charge in [-0.3, -0.25) is 4.79 Å². The summed E-state index contributed by atoms with van der Waals surface area (Å²) in [6.07, 6.45) is -8.75. The van der Waals surface area contributed by atoms with E-state index in [-0.39, 0.29) is 15.1 Å². The molecule has 0 saturated heterocycles. The fourth-order valence-electron chi connectivity index (χ4n) is 2.07. The lowest BCUT2D eigenvalue weighted by molar-refractivity contribution is -0.208. The van der Waals surface area contributed by atoms with Gasteiger partial charge in [0.2, 0.25) is 5.78 Å². The Morgan fingerprint density at radius 1 is 1.19 bits per heavy atom.